The number of benzene rings is 2. The molecule has 0 radical (unpaired) electrons. The molecule has 0 fully saturated rings. The topological polar surface area (TPSA) is 75.4 Å². The van der Waals surface area contributed by atoms with E-state index in [1.807, 2.05) is 35.0 Å². The van der Waals surface area contributed by atoms with E-state index in [1.165, 1.54) is 12.1 Å². The molecule has 1 unspecified atom stereocenters. The van der Waals surface area contributed by atoms with Gasteiger partial charge in [0, 0.05) is 22.8 Å². The van der Waals surface area contributed by atoms with E-state index < -0.39 is 5.97 Å². The lowest BCUT2D eigenvalue weighted by molar-refractivity contribution is 0.0696. The standard InChI is InChI=1S/C24H24ClN3O3/c1-2-3-4-5-20-15-27(19-12-8-17(9-13-19)24(30)31)23(29)22-14-21(26-28(20)22)16-6-10-18(25)11-7-16/h6-14,20H,2-5,15H2,1H3,(H,30,31). The molecule has 2 aromatic carbocycles. The summed E-state index contributed by atoms with van der Waals surface area (Å²) in [5.41, 5.74) is 3.08. The van der Waals surface area contributed by atoms with Gasteiger partial charge in [-0.1, -0.05) is 49.9 Å². The summed E-state index contributed by atoms with van der Waals surface area (Å²) in [6.07, 6.45) is 4.21. The zero-order valence-corrected chi connectivity index (χ0v) is 18.0. The van der Waals surface area contributed by atoms with Gasteiger partial charge in [-0.15, -0.1) is 0 Å². The third-order valence-corrected chi connectivity index (χ3v) is 5.90. The molecular formula is C24H24ClN3O3. The van der Waals surface area contributed by atoms with Crippen molar-refractivity contribution in [2.24, 2.45) is 0 Å². The predicted octanol–water partition coefficient (Wildman–Crippen LogP) is 5.68. The van der Waals surface area contributed by atoms with Crippen molar-refractivity contribution in [2.75, 3.05) is 11.4 Å². The molecule has 1 aliphatic heterocycles. The maximum atomic E-state index is 13.3. The molecule has 0 saturated heterocycles. The Morgan fingerprint density at radius 3 is 2.48 bits per heavy atom. The van der Waals surface area contributed by atoms with E-state index in [0.717, 1.165) is 36.9 Å². The predicted molar refractivity (Wildman–Crippen MR) is 121 cm³/mol. The second-order valence-corrected chi connectivity index (χ2v) is 8.22. The van der Waals surface area contributed by atoms with Gasteiger partial charge < -0.3 is 10.0 Å². The summed E-state index contributed by atoms with van der Waals surface area (Å²) in [6.45, 7) is 2.67. The zero-order chi connectivity index (χ0) is 22.0. The molecule has 6 nitrogen and oxygen atoms in total. The Morgan fingerprint density at radius 1 is 1.13 bits per heavy atom. The Hall–Kier alpha value is -3.12. The van der Waals surface area contributed by atoms with E-state index in [4.69, 9.17) is 21.8 Å². The van der Waals surface area contributed by atoms with Gasteiger partial charge in [0.25, 0.3) is 5.91 Å². The number of carbonyl (C=O) groups excluding carboxylic acids is 1. The molecule has 3 aromatic rings. The molecule has 1 aromatic heterocycles. The minimum atomic E-state index is -0.986. The number of aromatic nitrogens is 2. The highest BCUT2D eigenvalue weighted by atomic mass is 35.5. The van der Waals surface area contributed by atoms with E-state index in [0.29, 0.717) is 22.9 Å². The maximum Gasteiger partial charge on any atom is 0.335 e. The van der Waals surface area contributed by atoms with Gasteiger partial charge in [-0.05, 0) is 48.9 Å². The van der Waals surface area contributed by atoms with Gasteiger partial charge in [-0.25, -0.2) is 4.79 Å². The fourth-order valence-electron chi connectivity index (χ4n) is 3.95. The quantitative estimate of drug-likeness (QED) is 0.482. The molecule has 1 N–H and O–H groups in total. The SMILES string of the molecule is CCCCCC1CN(c2ccc(C(=O)O)cc2)C(=O)c2cc(-c3ccc(Cl)cc3)nn21. The molecule has 1 amide bonds. The number of hydrogen-bond donors (Lipinski definition) is 1. The summed E-state index contributed by atoms with van der Waals surface area (Å²) in [4.78, 5) is 26.2. The molecule has 1 aliphatic rings. The zero-order valence-electron chi connectivity index (χ0n) is 17.3. The number of carbonyl (C=O) groups is 2. The second kappa shape index (κ2) is 8.94. The number of fused-ring (bicyclic) bond motifs is 1. The molecule has 4 rings (SSSR count). The van der Waals surface area contributed by atoms with Crippen LogP contribution < -0.4 is 4.90 Å². The molecule has 2 heterocycles. The van der Waals surface area contributed by atoms with E-state index in [9.17, 15) is 9.59 Å². The second-order valence-electron chi connectivity index (χ2n) is 7.78. The van der Waals surface area contributed by atoms with Crippen LogP contribution in [0.15, 0.2) is 54.6 Å². The highest BCUT2D eigenvalue weighted by molar-refractivity contribution is 6.30. The number of carboxylic acid groups (broad SMARTS) is 1. The molecule has 1 atom stereocenters. The average Bonchev–Trinajstić information content (AvgIpc) is 3.22. The normalized spacial score (nSPS) is 15.7. The molecule has 7 heteroatoms. The first kappa shape index (κ1) is 21.1. The van der Waals surface area contributed by atoms with Crippen LogP contribution in [0, 0.1) is 0 Å². The fourth-order valence-corrected chi connectivity index (χ4v) is 4.08. The van der Waals surface area contributed by atoms with Crippen LogP contribution in [0.25, 0.3) is 11.3 Å². The average molecular weight is 438 g/mol. The summed E-state index contributed by atoms with van der Waals surface area (Å²) < 4.78 is 1.87. The number of carboxylic acids is 1. The van der Waals surface area contributed by atoms with Gasteiger partial charge in [0.15, 0.2) is 0 Å². The van der Waals surface area contributed by atoms with Gasteiger partial charge in [-0.2, -0.15) is 5.10 Å². The Morgan fingerprint density at radius 2 is 1.84 bits per heavy atom. The molecule has 0 spiro atoms. The van der Waals surface area contributed by atoms with Gasteiger partial charge >= 0.3 is 5.97 Å². The highest BCUT2D eigenvalue weighted by Gasteiger charge is 2.33. The Balaban J connectivity index is 1.70. The van der Waals surface area contributed by atoms with E-state index >= 15 is 0 Å². The first-order valence-electron chi connectivity index (χ1n) is 10.5. The van der Waals surface area contributed by atoms with Crippen molar-refractivity contribution in [1.82, 2.24) is 9.78 Å². The maximum absolute atomic E-state index is 13.3. The summed E-state index contributed by atoms with van der Waals surface area (Å²) >= 11 is 6.01. The van der Waals surface area contributed by atoms with Crippen LogP contribution in [0.5, 0.6) is 0 Å². The third kappa shape index (κ3) is 4.35. The van der Waals surface area contributed by atoms with Crippen LogP contribution in [0.2, 0.25) is 5.02 Å². The number of amides is 1. The fraction of sp³-hybridized carbons (Fsp3) is 0.292. The largest absolute Gasteiger partial charge is 0.478 e. The molecule has 0 saturated carbocycles. The third-order valence-electron chi connectivity index (χ3n) is 5.65. The number of nitrogens with zero attached hydrogens (tertiary/aromatic N) is 3. The summed E-state index contributed by atoms with van der Waals surface area (Å²) in [7, 11) is 0. The van der Waals surface area contributed by atoms with Gasteiger partial charge in [0.2, 0.25) is 0 Å². The lowest BCUT2D eigenvalue weighted by Crippen LogP contribution is -2.43. The van der Waals surface area contributed by atoms with Crippen molar-refractivity contribution in [3.8, 4) is 11.3 Å². The number of hydrogen-bond acceptors (Lipinski definition) is 3. The van der Waals surface area contributed by atoms with Crippen molar-refractivity contribution in [3.05, 3.63) is 70.9 Å². The van der Waals surface area contributed by atoms with Crippen molar-refractivity contribution < 1.29 is 14.7 Å². The number of unbranched alkanes of at least 4 members (excludes halogenated alkanes) is 2. The monoisotopic (exact) mass is 437 g/mol. The molecular weight excluding hydrogens is 414 g/mol. The summed E-state index contributed by atoms with van der Waals surface area (Å²) in [5, 5.41) is 14.6. The minimum absolute atomic E-state index is 0.0550. The van der Waals surface area contributed by atoms with Crippen molar-refractivity contribution in [1.29, 1.82) is 0 Å². The van der Waals surface area contributed by atoms with Crippen LogP contribution in [-0.4, -0.2) is 33.3 Å². The molecule has 0 bridgehead atoms. The number of rotatable bonds is 7. The number of halogens is 1. The Labute approximate surface area is 186 Å². The number of anilines is 1. The highest BCUT2D eigenvalue weighted by Crippen LogP contribution is 2.32. The summed E-state index contributed by atoms with van der Waals surface area (Å²) in [6, 6.07) is 15.7. The van der Waals surface area contributed by atoms with Gasteiger partial charge in [-0.3, -0.25) is 9.48 Å². The minimum Gasteiger partial charge on any atom is -0.478 e. The van der Waals surface area contributed by atoms with Crippen molar-refractivity contribution >= 4 is 29.2 Å². The van der Waals surface area contributed by atoms with Crippen LogP contribution in [-0.2, 0) is 0 Å². The van der Waals surface area contributed by atoms with E-state index in [-0.39, 0.29) is 17.5 Å². The van der Waals surface area contributed by atoms with Crippen molar-refractivity contribution in [2.45, 2.75) is 38.6 Å². The van der Waals surface area contributed by atoms with Crippen LogP contribution >= 0.6 is 11.6 Å². The first-order valence-corrected chi connectivity index (χ1v) is 10.9. The smallest absolute Gasteiger partial charge is 0.335 e. The van der Waals surface area contributed by atoms with Crippen LogP contribution in [0.4, 0.5) is 5.69 Å². The van der Waals surface area contributed by atoms with Gasteiger partial charge in [0.05, 0.1) is 17.3 Å². The van der Waals surface area contributed by atoms with Crippen LogP contribution in [0.3, 0.4) is 0 Å². The van der Waals surface area contributed by atoms with Gasteiger partial charge in [0.1, 0.15) is 5.69 Å². The van der Waals surface area contributed by atoms with Crippen LogP contribution in [0.1, 0.15) is 59.5 Å². The first-order chi connectivity index (χ1) is 15.0. The van der Waals surface area contributed by atoms with Crippen molar-refractivity contribution in [3.63, 3.8) is 0 Å². The molecule has 0 aliphatic carbocycles. The Bertz CT molecular complexity index is 1090. The molecule has 160 valence electrons. The Kier molecular flexibility index (Phi) is 6.09. The van der Waals surface area contributed by atoms with E-state index in [1.54, 1.807) is 17.0 Å². The lowest BCUT2D eigenvalue weighted by Gasteiger charge is -2.33. The summed E-state index contributed by atoms with van der Waals surface area (Å²) in [5.74, 6) is -1.12. The number of aromatic carboxylic acids is 1. The van der Waals surface area contributed by atoms with E-state index in [2.05, 4.69) is 6.92 Å². The molecule has 31 heavy (non-hydrogen) atoms. The lowest BCUT2D eigenvalue weighted by atomic mass is 10.0.